The summed E-state index contributed by atoms with van der Waals surface area (Å²) in [4.78, 5) is 32.5. The number of benzene rings is 1. The van der Waals surface area contributed by atoms with Crippen molar-refractivity contribution in [3.05, 3.63) is 45.1 Å². The number of carbonyl (C=O) groups is 2. The number of nitrogens with one attached hydrogen (secondary N) is 1. The van der Waals surface area contributed by atoms with Crippen LogP contribution in [0.25, 0.3) is 0 Å². The second-order valence-corrected chi connectivity index (χ2v) is 8.02. The minimum Gasteiger partial charge on any atom is -0.326 e. The molecule has 1 aromatic heterocycles. The van der Waals surface area contributed by atoms with E-state index in [0.29, 0.717) is 17.2 Å². The van der Waals surface area contributed by atoms with Crippen molar-refractivity contribution in [2.24, 2.45) is 4.99 Å². The average molecular weight is 398 g/mol. The summed E-state index contributed by atoms with van der Waals surface area (Å²) in [7, 11) is 0. The van der Waals surface area contributed by atoms with Gasteiger partial charge in [0, 0.05) is 29.6 Å². The molecule has 1 aromatic carbocycles. The number of aliphatic imine (C=N–C) groups is 1. The first-order chi connectivity index (χ1) is 11.9. The van der Waals surface area contributed by atoms with Gasteiger partial charge in [-0.1, -0.05) is 23.4 Å². The summed E-state index contributed by atoms with van der Waals surface area (Å²) in [5, 5.41) is 5.48. The average Bonchev–Trinajstić information content (AvgIpc) is 3.09. The van der Waals surface area contributed by atoms with E-state index in [1.54, 1.807) is 0 Å². The summed E-state index contributed by atoms with van der Waals surface area (Å²) in [6.45, 7) is 1.91. The summed E-state index contributed by atoms with van der Waals surface area (Å²) in [6.07, 6.45) is 0.489. The van der Waals surface area contributed by atoms with E-state index in [1.165, 1.54) is 41.3 Å². The van der Waals surface area contributed by atoms with Gasteiger partial charge >= 0.3 is 0 Å². The third-order valence-corrected chi connectivity index (χ3v) is 5.75. The van der Waals surface area contributed by atoms with E-state index in [4.69, 9.17) is 11.6 Å². The van der Waals surface area contributed by atoms with Gasteiger partial charge in [-0.3, -0.25) is 9.59 Å². The molecule has 0 saturated heterocycles. The van der Waals surface area contributed by atoms with Gasteiger partial charge in [-0.05, 0) is 25.1 Å². The molecule has 1 aliphatic heterocycles. The molecule has 0 fully saturated rings. The van der Waals surface area contributed by atoms with E-state index >= 15 is 0 Å². The number of nitrogens with zero attached hydrogens (tertiary/aromatic N) is 2. The van der Waals surface area contributed by atoms with Crippen LogP contribution in [0.5, 0.6) is 0 Å². The summed E-state index contributed by atoms with van der Waals surface area (Å²) < 4.78 is 13.1. The highest BCUT2D eigenvalue weighted by molar-refractivity contribution is 8.15. The maximum Gasteiger partial charge on any atom is 0.260 e. The molecule has 1 N–H and O–H groups in total. The van der Waals surface area contributed by atoms with E-state index < -0.39 is 11.1 Å². The molecule has 0 saturated carbocycles. The Morgan fingerprint density at radius 1 is 1.44 bits per heavy atom. The van der Waals surface area contributed by atoms with Gasteiger partial charge in [0.25, 0.3) is 5.91 Å². The molecular weight excluding hydrogens is 385 g/mol. The number of halogens is 2. The monoisotopic (exact) mass is 397 g/mol. The molecule has 0 aliphatic carbocycles. The van der Waals surface area contributed by atoms with Crippen molar-refractivity contribution in [3.63, 3.8) is 0 Å². The number of hydrogen-bond donors (Lipinski definition) is 1. The lowest BCUT2D eigenvalue weighted by Crippen LogP contribution is -2.21. The van der Waals surface area contributed by atoms with Crippen molar-refractivity contribution in [1.29, 1.82) is 0 Å². The first kappa shape index (κ1) is 18.0. The van der Waals surface area contributed by atoms with Crippen LogP contribution in [-0.4, -0.2) is 27.1 Å². The Balaban J connectivity index is 1.55. The van der Waals surface area contributed by atoms with Crippen LogP contribution in [0.3, 0.4) is 0 Å². The van der Waals surface area contributed by atoms with Crippen LogP contribution in [0.2, 0.25) is 5.02 Å². The standard InChI is InChI=1S/C16H13ClFN3O2S2/c1-8-7-24-14(19-8)6-15-21-16(23)12(25-15)5-13(22)20-9-2-3-11(18)10(17)4-9/h2-4,7,12H,5-6H2,1H3,(H,20,22)/t12-/m1/s1. The van der Waals surface area contributed by atoms with E-state index in [2.05, 4.69) is 15.3 Å². The van der Waals surface area contributed by atoms with E-state index in [0.717, 1.165) is 10.7 Å². The fraction of sp³-hybridized carbons (Fsp3) is 0.250. The molecule has 0 unspecified atom stereocenters. The second kappa shape index (κ2) is 7.63. The van der Waals surface area contributed by atoms with Gasteiger partial charge in [0.15, 0.2) is 0 Å². The predicted octanol–water partition coefficient (Wildman–Crippen LogP) is 3.86. The van der Waals surface area contributed by atoms with E-state index in [1.807, 2.05) is 12.3 Å². The zero-order valence-corrected chi connectivity index (χ0v) is 15.5. The second-order valence-electron chi connectivity index (χ2n) is 5.39. The van der Waals surface area contributed by atoms with Gasteiger partial charge in [-0.25, -0.2) is 14.4 Å². The Morgan fingerprint density at radius 2 is 2.24 bits per heavy atom. The summed E-state index contributed by atoms with van der Waals surface area (Å²) >= 11 is 8.49. The number of rotatable bonds is 5. The van der Waals surface area contributed by atoms with Crippen LogP contribution >= 0.6 is 34.7 Å². The van der Waals surface area contributed by atoms with Crippen LogP contribution in [-0.2, 0) is 16.0 Å². The normalized spacial score (nSPS) is 16.8. The molecule has 1 atom stereocenters. The molecule has 2 aromatic rings. The highest BCUT2D eigenvalue weighted by Gasteiger charge is 2.30. The Labute approximate surface area is 156 Å². The third-order valence-electron chi connectivity index (χ3n) is 3.33. The highest BCUT2D eigenvalue weighted by atomic mass is 35.5. The van der Waals surface area contributed by atoms with E-state index in [-0.39, 0.29) is 23.3 Å². The summed E-state index contributed by atoms with van der Waals surface area (Å²) in [5.74, 6) is -1.23. The van der Waals surface area contributed by atoms with Crippen molar-refractivity contribution >= 4 is 57.2 Å². The lowest BCUT2D eigenvalue weighted by Gasteiger charge is -2.08. The van der Waals surface area contributed by atoms with Crippen LogP contribution in [0, 0.1) is 12.7 Å². The van der Waals surface area contributed by atoms with Crippen LogP contribution < -0.4 is 5.32 Å². The van der Waals surface area contributed by atoms with Gasteiger partial charge in [0.2, 0.25) is 5.91 Å². The number of thioether (sulfide) groups is 1. The lowest BCUT2D eigenvalue weighted by molar-refractivity contribution is -0.121. The molecule has 130 valence electrons. The van der Waals surface area contributed by atoms with Crippen LogP contribution in [0.15, 0.2) is 28.6 Å². The number of hydrogen-bond acceptors (Lipinski definition) is 5. The number of amides is 2. The Morgan fingerprint density at radius 3 is 2.92 bits per heavy atom. The minimum absolute atomic E-state index is 0.0115. The van der Waals surface area contributed by atoms with Crippen molar-refractivity contribution in [1.82, 2.24) is 4.98 Å². The SMILES string of the molecule is Cc1csc(CC2=NC(=O)[C@@H](CC(=O)Nc3ccc(F)c(Cl)c3)S2)n1. The first-order valence-corrected chi connectivity index (χ1v) is 9.48. The fourth-order valence-corrected chi connectivity index (χ4v) is 4.34. The number of thiazole rings is 1. The quantitative estimate of drug-likeness (QED) is 0.831. The molecule has 2 amide bonds. The van der Waals surface area contributed by atoms with Crippen LogP contribution in [0.4, 0.5) is 10.1 Å². The van der Waals surface area contributed by atoms with Crippen LogP contribution in [0.1, 0.15) is 17.1 Å². The minimum atomic E-state index is -0.559. The van der Waals surface area contributed by atoms with Gasteiger partial charge in [-0.2, -0.15) is 0 Å². The number of aromatic nitrogens is 1. The molecule has 0 bridgehead atoms. The van der Waals surface area contributed by atoms with Crippen molar-refractivity contribution in [3.8, 4) is 0 Å². The molecule has 1 aliphatic rings. The lowest BCUT2D eigenvalue weighted by atomic mass is 10.2. The largest absolute Gasteiger partial charge is 0.326 e. The molecule has 0 radical (unpaired) electrons. The molecular formula is C16H13ClFN3O2S2. The smallest absolute Gasteiger partial charge is 0.260 e. The molecule has 5 nitrogen and oxygen atoms in total. The topological polar surface area (TPSA) is 71.4 Å². The van der Waals surface area contributed by atoms with Crippen molar-refractivity contribution in [2.45, 2.75) is 25.0 Å². The zero-order chi connectivity index (χ0) is 18.0. The highest BCUT2D eigenvalue weighted by Crippen LogP contribution is 2.28. The maximum absolute atomic E-state index is 13.1. The Hall–Kier alpha value is -1.77. The van der Waals surface area contributed by atoms with E-state index in [9.17, 15) is 14.0 Å². The van der Waals surface area contributed by atoms with Gasteiger partial charge < -0.3 is 5.32 Å². The Kier molecular flexibility index (Phi) is 5.51. The maximum atomic E-state index is 13.1. The first-order valence-electron chi connectivity index (χ1n) is 7.34. The van der Waals surface area contributed by atoms with Crippen molar-refractivity contribution < 1.29 is 14.0 Å². The Bertz CT molecular complexity index is 869. The predicted molar refractivity (Wildman–Crippen MR) is 99.0 cm³/mol. The number of carbonyl (C=O) groups excluding carboxylic acids is 2. The summed E-state index contributed by atoms with van der Waals surface area (Å²) in [5.41, 5.74) is 1.31. The zero-order valence-electron chi connectivity index (χ0n) is 13.1. The molecule has 3 rings (SSSR count). The van der Waals surface area contributed by atoms with Gasteiger partial charge in [0.1, 0.15) is 11.1 Å². The molecule has 0 spiro atoms. The third kappa shape index (κ3) is 4.65. The fourth-order valence-electron chi connectivity index (χ4n) is 2.21. The summed E-state index contributed by atoms with van der Waals surface area (Å²) in [6, 6.07) is 3.91. The number of anilines is 1. The molecule has 25 heavy (non-hydrogen) atoms. The van der Waals surface area contributed by atoms with Gasteiger partial charge in [-0.15, -0.1) is 11.3 Å². The number of aryl methyl sites for hydroxylation is 1. The molecule has 9 heteroatoms. The van der Waals surface area contributed by atoms with Gasteiger partial charge in [0.05, 0.1) is 15.1 Å². The molecule has 2 heterocycles. The van der Waals surface area contributed by atoms with Crippen molar-refractivity contribution in [2.75, 3.05) is 5.32 Å².